The molecule has 0 bridgehead atoms. The molecular formula is C9H10O2. The molecule has 2 saturated carbocycles. The van der Waals surface area contributed by atoms with Crippen molar-refractivity contribution in [3.63, 3.8) is 0 Å². The van der Waals surface area contributed by atoms with Crippen LogP contribution >= 0.6 is 0 Å². The highest BCUT2D eigenvalue weighted by Gasteiger charge is 2.70. The summed E-state index contributed by atoms with van der Waals surface area (Å²) < 4.78 is 11.1. The Labute approximate surface area is 65.2 Å². The maximum atomic E-state index is 5.55. The van der Waals surface area contributed by atoms with Crippen molar-refractivity contribution in [1.29, 1.82) is 0 Å². The van der Waals surface area contributed by atoms with Gasteiger partial charge >= 0.3 is 0 Å². The van der Waals surface area contributed by atoms with Gasteiger partial charge in [-0.25, -0.2) is 0 Å². The maximum absolute atomic E-state index is 5.55. The van der Waals surface area contributed by atoms with Crippen LogP contribution in [0.25, 0.3) is 0 Å². The summed E-state index contributed by atoms with van der Waals surface area (Å²) in [5.41, 5.74) is 0. The third-order valence-electron chi connectivity index (χ3n) is 3.80. The van der Waals surface area contributed by atoms with Gasteiger partial charge in [-0.15, -0.1) is 0 Å². The van der Waals surface area contributed by atoms with Crippen LogP contribution in [0.15, 0.2) is 12.2 Å². The molecule has 4 rings (SSSR count). The fourth-order valence-electron chi connectivity index (χ4n) is 3.35. The topological polar surface area (TPSA) is 18.5 Å². The van der Waals surface area contributed by atoms with Gasteiger partial charge in [0.15, 0.2) is 0 Å². The van der Waals surface area contributed by atoms with Crippen molar-refractivity contribution in [2.45, 2.75) is 12.2 Å². The molecule has 11 heavy (non-hydrogen) atoms. The lowest BCUT2D eigenvalue weighted by atomic mass is 10.0. The normalized spacial score (nSPS) is 68.4. The van der Waals surface area contributed by atoms with Gasteiger partial charge in [0.05, 0.1) is 12.2 Å². The lowest BCUT2D eigenvalue weighted by molar-refractivity contribution is 0.0208. The first kappa shape index (κ1) is 5.33. The summed E-state index contributed by atoms with van der Waals surface area (Å²) >= 11 is 0. The first-order valence-electron chi connectivity index (χ1n) is 4.38. The summed E-state index contributed by atoms with van der Waals surface area (Å²) in [5.74, 6) is 3.31. The van der Waals surface area contributed by atoms with Crippen molar-refractivity contribution in [2.75, 3.05) is 6.79 Å². The van der Waals surface area contributed by atoms with Gasteiger partial charge in [0, 0.05) is 5.92 Å². The van der Waals surface area contributed by atoms with E-state index in [-0.39, 0.29) is 0 Å². The Kier molecular flexibility index (Phi) is 0.684. The third kappa shape index (κ3) is 0.422. The molecule has 3 fully saturated rings. The summed E-state index contributed by atoms with van der Waals surface area (Å²) in [4.78, 5) is 0. The van der Waals surface area contributed by atoms with Crippen LogP contribution in [-0.4, -0.2) is 19.0 Å². The van der Waals surface area contributed by atoms with Gasteiger partial charge in [-0.2, -0.15) is 0 Å². The van der Waals surface area contributed by atoms with E-state index in [4.69, 9.17) is 9.47 Å². The number of fused-ring (bicyclic) bond motifs is 4. The number of rotatable bonds is 0. The highest BCUT2D eigenvalue weighted by molar-refractivity contribution is 5.30. The summed E-state index contributed by atoms with van der Waals surface area (Å²) in [6, 6.07) is 0. The molecule has 0 spiro atoms. The quantitative estimate of drug-likeness (QED) is 0.475. The lowest BCUT2D eigenvalue weighted by Crippen LogP contribution is -2.25. The van der Waals surface area contributed by atoms with Crippen molar-refractivity contribution in [3.05, 3.63) is 12.2 Å². The van der Waals surface area contributed by atoms with E-state index in [1.54, 1.807) is 0 Å². The lowest BCUT2D eigenvalue weighted by Gasteiger charge is -2.14. The molecule has 4 aliphatic rings. The number of hydrogen-bond acceptors (Lipinski definition) is 2. The molecule has 2 nitrogen and oxygen atoms in total. The van der Waals surface area contributed by atoms with Gasteiger partial charge in [0.25, 0.3) is 0 Å². The average molecular weight is 150 g/mol. The SMILES string of the molecule is C1=C[C@H]2C3[C@H]2[C@@H]2OCO[C@@H]2[C@H]13. The second-order valence-corrected chi connectivity index (χ2v) is 4.07. The molecule has 1 saturated heterocycles. The van der Waals surface area contributed by atoms with Crippen LogP contribution in [0.3, 0.4) is 0 Å². The molecule has 1 unspecified atom stereocenters. The minimum absolute atomic E-state index is 0.417. The van der Waals surface area contributed by atoms with Crippen molar-refractivity contribution >= 4 is 0 Å². The second-order valence-electron chi connectivity index (χ2n) is 4.07. The van der Waals surface area contributed by atoms with Crippen LogP contribution in [0.5, 0.6) is 0 Å². The largest absolute Gasteiger partial charge is 0.349 e. The summed E-state index contributed by atoms with van der Waals surface area (Å²) in [6.07, 6.45) is 5.57. The fourth-order valence-corrected chi connectivity index (χ4v) is 3.35. The molecule has 0 aromatic rings. The molecule has 0 radical (unpaired) electrons. The highest BCUT2D eigenvalue weighted by atomic mass is 16.7. The second kappa shape index (κ2) is 1.41. The molecule has 0 aromatic heterocycles. The third-order valence-corrected chi connectivity index (χ3v) is 3.80. The number of hydrogen-bond donors (Lipinski definition) is 0. The summed E-state index contributed by atoms with van der Waals surface area (Å²) in [5, 5.41) is 0. The highest BCUT2D eigenvalue weighted by Crippen LogP contribution is 2.67. The van der Waals surface area contributed by atoms with Gasteiger partial charge in [-0.1, -0.05) is 12.2 Å². The Morgan fingerprint density at radius 1 is 0.909 bits per heavy atom. The zero-order chi connectivity index (χ0) is 7.00. The zero-order valence-corrected chi connectivity index (χ0v) is 6.14. The molecule has 6 atom stereocenters. The predicted octanol–water partition coefficient (Wildman–Crippen LogP) is 0.790. The minimum Gasteiger partial charge on any atom is -0.349 e. The van der Waals surface area contributed by atoms with Crippen molar-refractivity contribution in [3.8, 4) is 0 Å². The van der Waals surface area contributed by atoms with Crippen molar-refractivity contribution < 1.29 is 9.47 Å². The van der Waals surface area contributed by atoms with Crippen LogP contribution in [0.4, 0.5) is 0 Å². The zero-order valence-electron chi connectivity index (χ0n) is 6.14. The molecule has 0 amide bonds. The first-order chi connectivity index (χ1) is 5.47. The van der Waals surface area contributed by atoms with Gasteiger partial charge in [0.2, 0.25) is 0 Å². The molecule has 58 valence electrons. The van der Waals surface area contributed by atoms with E-state index in [0.29, 0.717) is 24.9 Å². The summed E-state index contributed by atoms with van der Waals surface area (Å²) in [6.45, 7) is 0.537. The number of ether oxygens (including phenoxy) is 2. The molecular weight excluding hydrogens is 140 g/mol. The Bertz CT molecular complexity index is 248. The van der Waals surface area contributed by atoms with E-state index < -0.39 is 0 Å². The monoisotopic (exact) mass is 150 g/mol. The van der Waals surface area contributed by atoms with E-state index in [1.807, 2.05) is 0 Å². The Morgan fingerprint density at radius 2 is 1.73 bits per heavy atom. The van der Waals surface area contributed by atoms with E-state index in [0.717, 1.165) is 17.8 Å². The molecule has 1 heterocycles. The average Bonchev–Trinajstić information content (AvgIpc) is 2.48. The molecule has 0 N–H and O–H groups in total. The van der Waals surface area contributed by atoms with Gasteiger partial charge in [0.1, 0.15) is 6.79 Å². The van der Waals surface area contributed by atoms with Gasteiger partial charge in [-0.3, -0.25) is 0 Å². The molecule has 0 aromatic carbocycles. The van der Waals surface area contributed by atoms with Crippen LogP contribution in [0.2, 0.25) is 0 Å². The minimum atomic E-state index is 0.417. The molecule has 2 heteroatoms. The van der Waals surface area contributed by atoms with E-state index in [9.17, 15) is 0 Å². The number of allylic oxidation sites excluding steroid dienone is 1. The van der Waals surface area contributed by atoms with Crippen molar-refractivity contribution in [1.82, 2.24) is 0 Å². The van der Waals surface area contributed by atoms with E-state index >= 15 is 0 Å². The van der Waals surface area contributed by atoms with Crippen LogP contribution in [-0.2, 0) is 9.47 Å². The first-order valence-corrected chi connectivity index (χ1v) is 4.38. The smallest absolute Gasteiger partial charge is 0.147 e. The standard InChI is InChI=1S/C9H10O2/c1-2-5-6-4(1)7(6)9-8(5)10-3-11-9/h1-2,4-9H,3H2/t4-,5+,6?,7-,8+,9-/m0/s1. The van der Waals surface area contributed by atoms with Gasteiger partial charge in [-0.05, 0) is 17.8 Å². The fraction of sp³-hybridized carbons (Fsp3) is 0.778. The molecule has 1 aliphatic heterocycles. The van der Waals surface area contributed by atoms with Gasteiger partial charge < -0.3 is 9.47 Å². The van der Waals surface area contributed by atoms with Crippen LogP contribution in [0, 0.1) is 23.7 Å². The van der Waals surface area contributed by atoms with E-state index in [1.165, 1.54) is 0 Å². The Balaban J connectivity index is 1.83. The maximum Gasteiger partial charge on any atom is 0.147 e. The van der Waals surface area contributed by atoms with E-state index in [2.05, 4.69) is 12.2 Å². The molecule has 3 aliphatic carbocycles. The Morgan fingerprint density at radius 3 is 2.73 bits per heavy atom. The predicted molar refractivity (Wildman–Crippen MR) is 37.7 cm³/mol. The Hall–Kier alpha value is -0.340. The van der Waals surface area contributed by atoms with Crippen LogP contribution in [0.1, 0.15) is 0 Å². The van der Waals surface area contributed by atoms with Crippen molar-refractivity contribution in [2.24, 2.45) is 23.7 Å². The summed E-state index contributed by atoms with van der Waals surface area (Å²) in [7, 11) is 0. The van der Waals surface area contributed by atoms with Crippen LogP contribution < -0.4 is 0 Å².